The molecule has 1 aliphatic rings. The number of allylic oxidation sites excluding steroid dienone is 2. The van der Waals surface area contributed by atoms with Crippen LogP contribution in [-0.2, 0) is 9.42 Å². The van der Waals surface area contributed by atoms with E-state index in [-0.39, 0.29) is 17.4 Å². The molecular formula is C36H52N5O2P. The molecule has 2 N–H and O–H groups in total. The second kappa shape index (κ2) is 17.4. The van der Waals surface area contributed by atoms with E-state index >= 15 is 0 Å². The number of hydrogen-bond donors (Lipinski definition) is 2. The van der Waals surface area contributed by atoms with Crippen LogP contribution in [0.15, 0.2) is 78.6 Å². The molecule has 8 heteroatoms. The van der Waals surface area contributed by atoms with E-state index < -0.39 is 14.2 Å². The monoisotopic (exact) mass is 617 g/mol. The number of hydrogen-bond acceptors (Lipinski definition) is 6. The van der Waals surface area contributed by atoms with Gasteiger partial charge in [0.15, 0.2) is 0 Å². The molecule has 0 radical (unpaired) electrons. The summed E-state index contributed by atoms with van der Waals surface area (Å²) in [6.07, 6.45) is 11.4. The summed E-state index contributed by atoms with van der Waals surface area (Å²) in [6.45, 7) is 18.2. The van der Waals surface area contributed by atoms with Crippen LogP contribution in [0.3, 0.4) is 0 Å². The number of fused-ring (bicyclic) bond motifs is 1. The molecule has 4 rings (SSSR count). The Balaban J connectivity index is 0.00000259. The first kappa shape index (κ1) is 35.4. The molecule has 0 bridgehead atoms. The largest absolute Gasteiger partial charge is 0.373 e. The maximum Gasteiger partial charge on any atom is 0.242 e. The highest BCUT2D eigenvalue weighted by Gasteiger charge is 2.30. The van der Waals surface area contributed by atoms with Crippen molar-refractivity contribution in [1.29, 1.82) is 0 Å². The van der Waals surface area contributed by atoms with Crippen LogP contribution in [-0.4, -0.2) is 52.8 Å². The molecule has 44 heavy (non-hydrogen) atoms. The molecule has 1 amide bonds. The van der Waals surface area contributed by atoms with Gasteiger partial charge >= 0.3 is 0 Å². The Labute approximate surface area is 266 Å². The SMILES string of the molecule is C/C=C(/NC(CC(C)(C)C)C(=O)NC1CCCN(OP(C)c2ccccn2)C/C1=C/CC)c1cnc2ccccc2c1.CC. The molecule has 0 spiro atoms. The van der Waals surface area contributed by atoms with Gasteiger partial charge in [0.1, 0.15) is 14.2 Å². The Morgan fingerprint density at radius 3 is 2.59 bits per heavy atom. The zero-order valence-electron chi connectivity index (χ0n) is 27.9. The van der Waals surface area contributed by atoms with Crippen molar-refractivity contribution in [3.63, 3.8) is 0 Å². The van der Waals surface area contributed by atoms with Crippen LogP contribution >= 0.6 is 8.15 Å². The van der Waals surface area contributed by atoms with E-state index in [9.17, 15) is 4.79 Å². The maximum absolute atomic E-state index is 14.0. The molecule has 238 valence electrons. The summed E-state index contributed by atoms with van der Waals surface area (Å²) in [5.41, 5.74) is 4.97. The van der Waals surface area contributed by atoms with Gasteiger partial charge in [0.2, 0.25) is 5.91 Å². The van der Waals surface area contributed by atoms with Crippen LogP contribution in [0.5, 0.6) is 0 Å². The Kier molecular flexibility index (Phi) is 14.0. The number of nitrogens with one attached hydrogen (secondary N) is 2. The van der Waals surface area contributed by atoms with Crippen LogP contribution in [0.4, 0.5) is 0 Å². The number of rotatable bonds is 10. The zero-order chi connectivity index (χ0) is 32.1. The van der Waals surface area contributed by atoms with Gasteiger partial charge in [0.25, 0.3) is 0 Å². The van der Waals surface area contributed by atoms with Gasteiger partial charge in [-0.05, 0) is 74.5 Å². The fraction of sp³-hybridized carbons (Fsp3) is 0.472. The van der Waals surface area contributed by atoms with Crippen LogP contribution in [0.25, 0.3) is 16.6 Å². The van der Waals surface area contributed by atoms with E-state index in [1.54, 1.807) is 0 Å². The van der Waals surface area contributed by atoms with Crippen molar-refractivity contribution >= 4 is 36.1 Å². The summed E-state index contributed by atoms with van der Waals surface area (Å²) in [5.74, 6) is 0.0191. The van der Waals surface area contributed by atoms with Crippen molar-refractivity contribution in [1.82, 2.24) is 25.7 Å². The average Bonchev–Trinajstić information content (AvgIpc) is 3.21. The van der Waals surface area contributed by atoms with Crippen molar-refractivity contribution in [3.05, 3.63) is 84.2 Å². The Bertz CT molecular complexity index is 1390. The number of para-hydroxylation sites is 1. The molecule has 7 nitrogen and oxygen atoms in total. The van der Waals surface area contributed by atoms with E-state index in [4.69, 9.17) is 4.62 Å². The third-order valence-electron chi connectivity index (χ3n) is 7.35. The lowest BCUT2D eigenvalue weighted by molar-refractivity contribution is -0.124. The van der Waals surface area contributed by atoms with E-state index in [1.807, 2.05) is 75.6 Å². The lowest BCUT2D eigenvalue weighted by Gasteiger charge is -2.30. The molecule has 1 saturated heterocycles. The minimum atomic E-state index is -0.862. The Morgan fingerprint density at radius 2 is 1.91 bits per heavy atom. The standard InChI is InChI=1S/C34H46N5O2P.C2H6/c1-7-14-26-24-39(41-42(6)32-18-11-12-19-35-32)20-13-17-30(26)38-33(40)31(22-34(3,4)5)37-28(8-2)27-21-25-15-9-10-16-29(25)36-23-27;1-2/h8-12,14-16,18-19,21,23,30-31,37H,7,13,17,20,22,24H2,1-6H3,(H,38,40);1-2H3/b26-14-,28-8+;. The molecule has 0 saturated carbocycles. The minimum absolute atomic E-state index is 0.0191. The van der Waals surface area contributed by atoms with Crippen LogP contribution in [0.1, 0.15) is 79.7 Å². The van der Waals surface area contributed by atoms with Crippen molar-refractivity contribution in [3.8, 4) is 0 Å². The number of hydroxylamine groups is 2. The maximum atomic E-state index is 14.0. The predicted octanol–water partition coefficient (Wildman–Crippen LogP) is 7.61. The van der Waals surface area contributed by atoms with E-state index in [0.717, 1.165) is 53.4 Å². The quantitative estimate of drug-likeness (QED) is 0.180. The van der Waals surface area contributed by atoms with E-state index in [2.05, 4.69) is 78.2 Å². The van der Waals surface area contributed by atoms with Gasteiger partial charge in [-0.25, -0.2) is 0 Å². The highest BCUT2D eigenvalue weighted by molar-refractivity contribution is 7.59. The van der Waals surface area contributed by atoms with Crippen molar-refractivity contribution in [2.24, 2.45) is 5.41 Å². The summed E-state index contributed by atoms with van der Waals surface area (Å²) < 4.78 is 6.40. The predicted molar refractivity (Wildman–Crippen MR) is 187 cm³/mol. The van der Waals surface area contributed by atoms with Crippen molar-refractivity contribution in [2.45, 2.75) is 86.2 Å². The molecule has 2 aromatic heterocycles. The van der Waals surface area contributed by atoms with Gasteiger partial charge < -0.3 is 10.6 Å². The van der Waals surface area contributed by atoms with Crippen LogP contribution < -0.4 is 16.1 Å². The molecule has 0 aliphatic carbocycles. The molecule has 3 heterocycles. The highest BCUT2D eigenvalue weighted by atomic mass is 31.1. The first-order valence-corrected chi connectivity index (χ1v) is 17.7. The van der Waals surface area contributed by atoms with Gasteiger partial charge in [-0.3, -0.25) is 19.4 Å². The van der Waals surface area contributed by atoms with Crippen molar-refractivity contribution in [2.75, 3.05) is 19.8 Å². The smallest absolute Gasteiger partial charge is 0.242 e. The second-order valence-corrected chi connectivity index (χ2v) is 13.7. The molecular weight excluding hydrogens is 565 g/mol. The van der Waals surface area contributed by atoms with Crippen LogP contribution in [0, 0.1) is 5.41 Å². The number of benzene rings is 1. The zero-order valence-corrected chi connectivity index (χ0v) is 28.8. The third kappa shape index (κ3) is 10.5. The lowest BCUT2D eigenvalue weighted by Crippen LogP contribution is -2.49. The number of carbonyl (C=O) groups excluding carboxylic acids is 1. The summed E-state index contributed by atoms with van der Waals surface area (Å²) in [4.78, 5) is 23.1. The highest BCUT2D eigenvalue weighted by Crippen LogP contribution is 2.33. The second-order valence-electron chi connectivity index (χ2n) is 12.1. The number of pyridine rings is 2. The third-order valence-corrected chi connectivity index (χ3v) is 8.74. The summed E-state index contributed by atoms with van der Waals surface area (Å²) in [5, 5.41) is 10.2. The van der Waals surface area contributed by atoms with Crippen molar-refractivity contribution < 1.29 is 9.42 Å². The van der Waals surface area contributed by atoms with Gasteiger partial charge in [0, 0.05) is 42.1 Å². The Hall–Kier alpha value is -3.12. The van der Waals surface area contributed by atoms with Gasteiger partial charge in [-0.1, -0.05) is 78.0 Å². The number of nitrogens with zero attached hydrogens (tertiary/aromatic N) is 3. The molecule has 3 atom stereocenters. The average molecular weight is 618 g/mol. The number of carbonyl (C=O) groups is 1. The van der Waals surface area contributed by atoms with Crippen LogP contribution in [0.2, 0.25) is 0 Å². The van der Waals surface area contributed by atoms with E-state index in [1.165, 1.54) is 5.57 Å². The van der Waals surface area contributed by atoms with Gasteiger partial charge in [-0.15, -0.1) is 0 Å². The fourth-order valence-electron chi connectivity index (χ4n) is 5.34. The molecule has 1 aromatic carbocycles. The summed E-state index contributed by atoms with van der Waals surface area (Å²) in [6, 6.07) is 15.7. The first-order valence-electron chi connectivity index (χ1n) is 16.0. The summed E-state index contributed by atoms with van der Waals surface area (Å²) >= 11 is 0. The molecule has 1 fully saturated rings. The van der Waals surface area contributed by atoms with Gasteiger partial charge in [0.05, 0.1) is 17.0 Å². The number of amides is 1. The normalized spacial score (nSPS) is 18.6. The van der Waals surface area contributed by atoms with E-state index in [0.29, 0.717) is 13.0 Å². The van der Waals surface area contributed by atoms with Gasteiger partial charge in [-0.2, -0.15) is 5.06 Å². The first-order chi connectivity index (χ1) is 21.2. The fourth-order valence-corrected chi connectivity index (χ4v) is 6.44. The minimum Gasteiger partial charge on any atom is -0.373 e. The molecule has 1 aliphatic heterocycles. The summed E-state index contributed by atoms with van der Waals surface area (Å²) in [7, 11) is -0.862. The molecule has 3 unspecified atom stereocenters. The number of aromatic nitrogens is 2. The Morgan fingerprint density at radius 1 is 1.16 bits per heavy atom. The molecule has 3 aromatic rings. The lowest BCUT2D eigenvalue weighted by atomic mass is 9.87. The topological polar surface area (TPSA) is 79.4 Å².